The van der Waals surface area contributed by atoms with E-state index in [1.165, 1.54) is 0 Å². The molecule has 2 aliphatic heterocycles. The fourth-order valence-corrected chi connectivity index (χ4v) is 5.79. The maximum absolute atomic E-state index is 12.4. The average molecular weight is 588 g/mol. The molecule has 0 radical (unpaired) electrons. The molecule has 7 rings (SSSR count). The number of phenols is 1. The van der Waals surface area contributed by atoms with Gasteiger partial charge >= 0.3 is 0 Å². The summed E-state index contributed by atoms with van der Waals surface area (Å²) in [6.45, 7) is 3.65. The Bertz CT molecular complexity index is 1880. The molecule has 220 valence electrons. The molecule has 1 spiro atoms. The van der Waals surface area contributed by atoms with Crippen molar-refractivity contribution in [2.45, 2.75) is 12.8 Å². The normalized spacial score (nSPS) is 15.5. The number of aromatic nitrogens is 7. The quantitative estimate of drug-likeness (QED) is 0.258. The smallest absolute Gasteiger partial charge is 0.272 e. The number of anilines is 3. The molecule has 2 saturated heterocycles. The number of nitrogen functional groups attached to an aromatic ring is 1. The number of amides is 1. The lowest BCUT2D eigenvalue weighted by Gasteiger charge is -2.55. The van der Waals surface area contributed by atoms with Crippen molar-refractivity contribution in [3.05, 3.63) is 78.6 Å². The lowest BCUT2D eigenvalue weighted by atomic mass is 9.71. The minimum Gasteiger partial charge on any atom is -0.507 e. The van der Waals surface area contributed by atoms with Gasteiger partial charge in [-0.2, -0.15) is 5.10 Å². The molecule has 1 aromatic carbocycles. The van der Waals surface area contributed by atoms with Gasteiger partial charge in [0.25, 0.3) is 5.91 Å². The third kappa shape index (κ3) is 5.29. The number of nitrogens with one attached hydrogen (secondary N) is 1. The van der Waals surface area contributed by atoms with Crippen LogP contribution in [0.4, 0.5) is 17.3 Å². The van der Waals surface area contributed by atoms with Gasteiger partial charge in [-0.1, -0.05) is 18.1 Å². The zero-order valence-electron chi connectivity index (χ0n) is 23.8. The number of nitrogens with zero attached hydrogens (tertiary/aromatic N) is 9. The van der Waals surface area contributed by atoms with Crippen molar-refractivity contribution >= 4 is 28.9 Å². The number of carbonyl (C=O) groups excluding carboxylic acids is 1. The minimum absolute atomic E-state index is 0.141. The molecule has 0 bridgehead atoms. The molecular weight excluding hydrogens is 558 g/mol. The van der Waals surface area contributed by atoms with Crippen LogP contribution in [0.5, 0.6) is 5.75 Å². The van der Waals surface area contributed by atoms with Gasteiger partial charge in [0, 0.05) is 61.8 Å². The molecule has 4 N–H and O–H groups in total. The molecule has 0 unspecified atom stereocenters. The number of piperidine rings is 1. The first-order chi connectivity index (χ1) is 21.5. The van der Waals surface area contributed by atoms with E-state index in [1.807, 2.05) is 24.3 Å². The summed E-state index contributed by atoms with van der Waals surface area (Å²) in [5.41, 5.74) is 9.35. The van der Waals surface area contributed by atoms with Gasteiger partial charge in [0.2, 0.25) is 5.82 Å². The summed E-state index contributed by atoms with van der Waals surface area (Å²) < 4.78 is 1.55. The number of fused-ring (bicyclic) bond motifs is 1. The Labute approximate surface area is 252 Å². The van der Waals surface area contributed by atoms with Crippen LogP contribution in [0.2, 0.25) is 0 Å². The van der Waals surface area contributed by atoms with Gasteiger partial charge < -0.3 is 26.0 Å². The van der Waals surface area contributed by atoms with Gasteiger partial charge in [0.1, 0.15) is 11.6 Å². The van der Waals surface area contributed by atoms with Crippen LogP contribution in [0.1, 0.15) is 29.2 Å². The molecule has 4 aromatic heterocycles. The van der Waals surface area contributed by atoms with Gasteiger partial charge in [-0.25, -0.2) is 19.5 Å². The summed E-state index contributed by atoms with van der Waals surface area (Å²) in [7, 11) is 0. The predicted octanol–water partition coefficient (Wildman–Crippen LogP) is 2.15. The zero-order chi connectivity index (χ0) is 30.1. The zero-order valence-corrected chi connectivity index (χ0v) is 23.8. The Hall–Kier alpha value is -5.77. The van der Waals surface area contributed by atoms with Crippen molar-refractivity contribution < 1.29 is 9.90 Å². The number of para-hydroxylation sites is 1. The Balaban J connectivity index is 0.934. The lowest BCUT2D eigenvalue weighted by Crippen LogP contribution is -2.60. The summed E-state index contributed by atoms with van der Waals surface area (Å²) in [5, 5.41) is 25.6. The van der Waals surface area contributed by atoms with Crippen molar-refractivity contribution in [1.82, 2.24) is 40.1 Å². The van der Waals surface area contributed by atoms with Crippen LogP contribution in [0.25, 0.3) is 16.9 Å². The Kier molecular flexibility index (Phi) is 6.86. The highest BCUT2D eigenvalue weighted by atomic mass is 16.3. The predicted molar refractivity (Wildman–Crippen MR) is 164 cm³/mol. The second-order valence-corrected chi connectivity index (χ2v) is 11.0. The van der Waals surface area contributed by atoms with Crippen LogP contribution in [-0.4, -0.2) is 78.5 Å². The van der Waals surface area contributed by atoms with Crippen LogP contribution in [0.15, 0.2) is 67.1 Å². The molecule has 0 aliphatic carbocycles. The maximum atomic E-state index is 12.4. The summed E-state index contributed by atoms with van der Waals surface area (Å²) in [6.07, 6.45) is 7.13. The summed E-state index contributed by atoms with van der Waals surface area (Å²) >= 11 is 0. The van der Waals surface area contributed by atoms with Gasteiger partial charge in [0.15, 0.2) is 17.2 Å². The fraction of sp³-hybridized carbons (Fsp3) is 0.258. The number of carbonyl (C=O) groups is 1. The van der Waals surface area contributed by atoms with Gasteiger partial charge in [-0.15, -0.1) is 10.2 Å². The molecular formula is C31H29N11O2. The van der Waals surface area contributed by atoms with E-state index in [9.17, 15) is 9.90 Å². The van der Waals surface area contributed by atoms with E-state index in [2.05, 4.69) is 57.2 Å². The molecule has 44 heavy (non-hydrogen) atoms. The number of aromatic hydroxyl groups is 1. The highest BCUT2D eigenvalue weighted by Gasteiger charge is 2.45. The van der Waals surface area contributed by atoms with E-state index in [1.54, 1.807) is 47.4 Å². The molecule has 13 nitrogen and oxygen atoms in total. The first kappa shape index (κ1) is 27.1. The van der Waals surface area contributed by atoms with E-state index < -0.39 is 0 Å². The Morgan fingerprint density at radius 3 is 2.68 bits per heavy atom. The lowest BCUT2D eigenvalue weighted by molar-refractivity contribution is 0.0953. The van der Waals surface area contributed by atoms with E-state index in [0.717, 1.165) is 50.5 Å². The Morgan fingerprint density at radius 1 is 1.02 bits per heavy atom. The average Bonchev–Trinajstić information content (AvgIpc) is 3.48. The standard InChI is InChI=1S/C31H29N11O2/c32-29-24(17-22(37-38-29)21-5-1-2-6-25(21)43)41-19-31(20-41)9-15-40(16-10-31)27-8-13-33-26(36-27)7-3-11-35-30(44)23-18-28-34-12-4-14-42(28)39-23/h1-2,4-6,8,12-14,17-18,43H,9-11,15-16,19-20H2,(H2,32,38)(H,35,44). The molecule has 13 heteroatoms. The van der Waals surface area contributed by atoms with Crippen molar-refractivity contribution in [3.8, 4) is 28.8 Å². The molecule has 2 fully saturated rings. The van der Waals surface area contributed by atoms with Gasteiger partial charge in [-0.3, -0.25) is 4.79 Å². The SMILES string of the molecule is Nc1nnc(-c2ccccc2O)cc1N1CC2(CCN(c3ccnc(C#CCNC(=O)c4cc5ncccn5n4)n3)CC2)C1. The first-order valence-corrected chi connectivity index (χ1v) is 14.3. The molecule has 1 amide bonds. The van der Waals surface area contributed by atoms with E-state index in [4.69, 9.17) is 5.73 Å². The van der Waals surface area contributed by atoms with Crippen LogP contribution in [0, 0.1) is 17.3 Å². The Morgan fingerprint density at radius 2 is 1.86 bits per heavy atom. The van der Waals surface area contributed by atoms with E-state index in [0.29, 0.717) is 28.5 Å². The monoisotopic (exact) mass is 587 g/mol. The molecule has 0 atom stereocenters. The third-order valence-electron chi connectivity index (χ3n) is 8.17. The highest BCUT2D eigenvalue weighted by Crippen LogP contribution is 2.45. The number of benzene rings is 1. The van der Waals surface area contributed by atoms with Gasteiger partial charge in [-0.05, 0) is 49.1 Å². The van der Waals surface area contributed by atoms with Crippen LogP contribution >= 0.6 is 0 Å². The van der Waals surface area contributed by atoms with Gasteiger partial charge in [0.05, 0.1) is 17.9 Å². The van der Waals surface area contributed by atoms with Crippen LogP contribution < -0.4 is 20.9 Å². The van der Waals surface area contributed by atoms with E-state index in [-0.39, 0.29) is 29.3 Å². The van der Waals surface area contributed by atoms with Crippen molar-refractivity contribution in [2.75, 3.05) is 48.3 Å². The minimum atomic E-state index is -0.324. The molecule has 2 aliphatic rings. The van der Waals surface area contributed by atoms with Crippen molar-refractivity contribution in [1.29, 1.82) is 0 Å². The topological polar surface area (TPSA) is 164 Å². The molecule has 5 aromatic rings. The number of phenolic OH excluding ortho intramolecular Hbond substituents is 1. The number of nitrogens with two attached hydrogens (primary N) is 1. The summed E-state index contributed by atoms with van der Waals surface area (Å²) in [6, 6.07) is 14.3. The molecule has 0 saturated carbocycles. The fourth-order valence-electron chi connectivity index (χ4n) is 5.79. The third-order valence-corrected chi connectivity index (χ3v) is 8.17. The number of hydrogen-bond acceptors (Lipinski definition) is 11. The maximum Gasteiger partial charge on any atom is 0.272 e. The second-order valence-electron chi connectivity index (χ2n) is 11.0. The number of hydrogen-bond donors (Lipinski definition) is 3. The summed E-state index contributed by atoms with van der Waals surface area (Å²) in [4.78, 5) is 30.0. The number of rotatable bonds is 5. The second kappa shape index (κ2) is 11.1. The van der Waals surface area contributed by atoms with Crippen LogP contribution in [0.3, 0.4) is 0 Å². The first-order valence-electron chi connectivity index (χ1n) is 14.3. The van der Waals surface area contributed by atoms with Crippen LogP contribution in [-0.2, 0) is 0 Å². The van der Waals surface area contributed by atoms with Crippen molar-refractivity contribution in [3.63, 3.8) is 0 Å². The summed E-state index contributed by atoms with van der Waals surface area (Å²) in [5.74, 6) is 7.34. The van der Waals surface area contributed by atoms with Crippen molar-refractivity contribution in [2.24, 2.45) is 5.41 Å². The largest absolute Gasteiger partial charge is 0.507 e. The highest BCUT2D eigenvalue weighted by molar-refractivity contribution is 5.93. The van der Waals surface area contributed by atoms with E-state index >= 15 is 0 Å². The molecule has 6 heterocycles.